The summed E-state index contributed by atoms with van der Waals surface area (Å²) in [5.74, 6) is -0.264. The molecule has 0 unspecified atom stereocenters. The molecule has 0 atom stereocenters. The molecule has 1 amide bonds. The minimum atomic E-state index is -0.922. The summed E-state index contributed by atoms with van der Waals surface area (Å²) in [6.07, 6.45) is 1.82. The van der Waals surface area contributed by atoms with Crippen molar-refractivity contribution in [3.8, 4) is 0 Å². The molecule has 1 aliphatic heterocycles. The summed E-state index contributed by atoms with van der Waals surface area (Å²) < 4.78 is 4.49. The van der Waals surface area contributed by atoms with Crippen LogP contribution in [0.2, 0.25) is 0 Å². The lowest BCUT2D eigenvalue weighted by molar-refractivity contribution is -0.140. The molecule has 5 nitrogen and oxygen atoms in total. The molecule has 0 saturated carbocycles. The van der Waals surface area contributed by atoms with Crippen molar-refractivity contribution in [2.75, 3.05) is 20.2 Å². The maximum absolute atomic E-state index is 10.8. The van der Waals surface area contributed by atoms with Crippen LogP contribution in [-0.2, 0) is 9.53 Å². The van der Waals surface area contributed by atoms with Crippen molar-refractivity contribution in [3.63, 3.8) is 0 Å². The molecule has 1 heterocycles. The van der Waals surface area contributed by atoms with E-state index in [2.05, 4.69) is 4.74 Å². The topological polar surface area (TPSA) is 66.8 Å². The third-order valence-corrected chi connectivity index (χ3v) is 2.14. The van der Waals surface area contributed by atoms with Crippen molar-refractivity contribution in [1.29, 1.82) is 0 Å². The molecule has 0 aliphatic carbocycles. The SMILES string of the molecule is COC(=O)CCC1=CCN(C(=O)O)C1. The number of ether oxygens (including phenoxy) is 1. The molecule has 0 bridgehead atoms. The van der Waals surface area contributed by atoms with E-state index in [1.165, 1.54) is 12.0 Å². The van der Waals surface area contributed by atoms with E-state index >= 15 is 0 Å². The zero-order chi connectivity index (χ0) is 10.6. The fourth-order valence-corrected chi connectivity index (χ4v) is 1.31. The number of nitrogens with zero attached hydrogens (tertiary/aromatic N) is 1. The van der Waals surface area contributed by atoms with Crippen LogP contribution in [0.25, 0.3) is 0 Å². The Morgan fingerprint density at radius 3 is 2.86 bits per heavy atom. The fourth-order valence-electron chi connectivity index (χ4n) is 1.31. The Bertz CT molecular complexity index is 272. The summed E-state index contributed by atoms with van der Waals surface area (Å²) in [4.78, 5) is 22.6. The van der Waals surface area contributed by atoms with Gasteiger partial charge in [-0.15, -0.1) is 0 Å². The third kappa shape index (κ3) is 2.76. The number of carbonyl (C=O) groups is 2. The second-order valence-corrected chi connectivity index (χ2v) is 3.10. The third-order valence-electron chi connectivity index (χ3n) is 2.14. The molecule has 1 rings (SSSR count). The second-order valence-electron chi connectivity index (χ2n) is 3.10. The van der Waals surface area contributed by atoms with Crippen molar-refractivity contribution in [3.05, 3.63) is 11.6 Å². The van der Waals surface area contributed by atoms with E-state index in [4.69, 9.17) is 5.11 Å². The van der Waals surface area contributed by atoms with Crippen LogP contribution in [0, 0.1) is 0 Å². The molecule has 78 valence electrons. The van der Waals surface area contributed by atoms with Crippen LogP contribution < -0.4 is 0 Å². The van der Waals surface area contributed by atoms with Gasteiger partial charge in [0.2, 0.25) is 0 Å². The minimum absolute atomic E-state index is 0.264. The highest BCUT2D eigenvalue weighted by Gasteiger charge is 2.18. The van der Waals surface area contributed by atoms with E-state index in [-0.39, 0.29) is 5.97 Å². The summed E-state index contributed by atoms with van der Waals surface area (Å²) in [5, 5.41) is 8.66. The predicted octanol–water partition coefficient (Wildman–Crippen LogP) is 0.860. The van der Waals surface area contributed by atoms with Gasteiger partial charge in [-0.25, -0.2) is 4.79 Å². The molecule has 0 aromatic carbocycles. The van der Waals surface area contributed by atoms with E-state index in [9.17, 15) is 9.59 Å². The highest BCUT2D eigenvalue weighted by atomic mass is 16.5. The van der Waals surface area contributed by atoms with Crippen molar-refractivity contribution >= 4 is 12.1 Å². The smallest absolute Gasteiger partial charge is 0.407 e. The van der Waals surface area contributed by atoms with E-state index in [0.29, 0.717) is 25.9 Å². The molecule has 0 aromatic heterocycles. The number of hydrogen-bond acceptors (Lipinski definition) is 3. The Hall–Kier alpha value is -1.52. The van der Waals surface area contributed by atoms with Gasteiger partial charge in [-0.05, 0) is 6.42 Å². The second kappa shape index (κ2) is 4.64. The summed E-state index contributed by atoms with van der Waals surface area (Å²) in [6, 6.07) is 0. The first kappa shape index (κ1) is 10.6. The highest BCUT2D eigenvalue weighted by molar-refractivity contribution is 5.70. The lowest BCUT2D eigenvalue weighted by Gasteiger charge is -2.10. The summed E-state index contributed by atoms with van der Waals surface area (Å²) in [6.45, 7) is 0.832. The standard InChI is InChI=1S/C9H13NO4/c1-14-8(11)3-2-7-4-5-10(6-7)9(12)13/h4H,2-3,5-6H2,1H3,(H,12,13). The van der Waals surface area contributed by atoms with Gasteiger partial charge in [0.1, 0.15) is 0 Å². The lowest BCUT2D eigenvalue weighted by Crippen LogP contribution is -2.26. The Labute approximate surface area is 82.0 Å². The van der Waals surface area contributed by atoms with E-state index in [1.807, 2.05) is 6.08 Å². The largest absolute Gasteiger partial charge is 0.469 e. The number of rotatable bonds is 3. The zero-order valence-corrected chi connectivity index (χ0v) is 8.02. The molecule has 0 saturated heterocycles. The number of hydrogen-bond donors (Lipinski definition) is 1. The van der Waals surface area contributed by atoms with Gasteiger partial charge in [-0.3, -0.25) is 4.79 Å². The van der Waals surface area contributed by atoms with Gasteiger partial charge in [-0.2, -0.15) is 0 Å². The van der Waals surface area contributed by atoms with Gasteiger partial charge in [0.15, 0.2) is 0 Å². The van der Waals surface area contributed by atoms with Crippen LogP contribution in [0.15, 0.2) is 11.6 Å². The van der Waals surface area contributed by atoms with Crippen molar-refractivity contribution in [1.82, 2.24) is 4.90 Å². The lowest BCUT2D eigenvalue weighted by atomic mass is 10.1. The van der Waals surface area contributed by atoms with Gasteiger partial charge in [-0.1, -0.05) is 11.6 Å². The van der Waals surface area contributed by atoms with Gasteiger partial charge >= 0.3 is 12.1 Å². The van der Waals surface area contributed by atoms with E-state index in [1.54, 1.807) is 0 Å². The van der Waals surface area contributed by atoms with E-state index in [0.717, 1.165) is 5.57 Å². The molecule has 14 heavy (non-hydrogen) atoms. The van der Waals surface area contributed by atoms with Crippen molar-refractivity contribution < 1.29 is 19.4 Å². The Balaban J connectivity index is 2.29. The van der Waals surface area contributed by atoms with Gasteiger partial charge < -0.3 is 14.7 Å². The zero-order valence-electron chi connectivity index (χ0n) is 8.02. The van der Waals surface area contributed by atoms with Crippen molar-refractivity contribution in [2.45, 2.75) is 12.8 Å². The fraction of sp³-hybridized carbons (Fsp3) is 0.556. The number of carbonyl (C=O) groups excluding carboxylic acids is 1. The number of carboxylic acid groups (broad SMARTS) is 1. The van der Waals surface area contributed by atoms with E-state index < -0.39 is 6.09 Å². The Morgan fingerprint density at radius 1 is 1.64 bits per heavy atom. The van der Waals surface area contributed by atoms with Crippen molar-refractivity contribution in [2.24, 2.45) is 0 Å². The molecule has 0 radical (unpaired) electrons. The number of esters is 1. The van der Waals surface area contributed by atoms with Gasteiger partial charge in [0.25, 0.3) is 0 Å². The normalized spacial score (nSPS) is 15.2. The molecule has 0 fully saturated rings. The molecule has 5 heteroatoms. The first-order valence-electron chi connectivity index (χ1n) is 4.36. The van der Waals surface area contributed by atoms with Crippen LogP contribution in [0.4, 0.5) is 4.79 Å². The molecule has 1 aliphatic rings. The average molecular weight is 199 g/mol. The highest BCUT2D eigenvalue weighted by Crippen LogP contribution is 2.14. The average Bonchev–Trinajstić information content (AvgIpc) is 2.62. The van der Waals surface area contributed by atoms with Crippen LogP contribution in [0.5, 0.6) is 0 Å². The molecule has 1 N–H and O–H groups in total. The quantitative estimate of drug-likeness (QED) is 0.540. The summed E-state index contributed by atoms with van der Waals surface area (Å²) in [5.41, 5.74) is 0.984. The summed E-state index contributed by atoms with van der Waals surface area (Å²) >= 11 is 0. The molecule has 0 spiro atoms. The van der Waals surface area contributed by atoms with Crippen LogP contribution in [0.1, 0.15) is 12.8 Å². The predicted molar refractivity (Wildman–Crippen MR) is 48.9 cm³/mol. The maximum atomic E-state index is 10.8. The van der Waals surface area contributed by atoms with Gasteiger partial charge in [0, 0.05) is 19.5 Å². The molecular formula is C9H13NO4. The first-order valence-corrected chi connectivity index (χ1v) is 4.36. The molecular weight excluding hydrogens is 186 g/mol. The first-order chi connectivity index (χ1) is 6.63. The van der Waals surface area contributed by atoms with Gasteiger partial charge in [0.05, 0.1) is 7.11 Å². The van der Waals surface area contributed by atoms with Crippen LogP contribution >= 0.6 is 0 Å². The monoisotopic (exact) mass is 199 g/mol. The maximum Gasteiger partial charge on any atom is 0.407 e. The summed E-state index contributed by atoms with van der Waals surface area (Å²) in [7, 11) is 1.34. The Kier molecular flexibility index (Phi) is 3.50. The van der Waals surface area contributed by atoms with Crippen LogP contribution in [-0.4, -0.2) is 42.3 Å². The number of methoxy groups -OCH3 is 1. The Morgan fingerprint density at radius 2 is 2.36 bits per heavy atom. The number of amides is 1. The molecule has 0 aromatic rings. The minimum Gasteiger partial charge on any atom is -0.469 e. The van der Waals surface area contributed by atoms with Crippen LogP contribution in [0.3, 0.4) is 0 Å².